The standard InChI is InChI=1S/C28H27NO4/c1-19(16-31-17-20-7-3-2-4-8-20)15-29-24-10-6-5-9-22(24)28(27(29)30)18-33-26-14-25-21(11-12-32-25)13-23(26)28/h2-10,13-14,19H,11-12,15-18H2,1H3/t19-,28?/m0/s1. The number of hydrogen-bond donors (Lipinski definition) is 0. The molecule has 3 aliphatic heterocycles. The third kappa shape index (κ3) is 3.22. The lowest BCUT2D eigenvalue weighted by molar-refractivity contribution is -0.122. The molecule has 1 amide bonds. The normalized spacial score (nSPS) is 20.9. The molecular weight excluding hydrogens is 414 g/mol. The van der Waals surface area contributed by atoms with Crippen molar-refractivity contribution in [2.75, 3.05) is 31.3 Å². The van der Waals surface area contributed by atoms with Gasteiger partial charge in [-0.05, 0) is 34.7 Å². The van der Waals surface area contributed by atoms with Gasteiger partial charge >= 0.3 is 0 Å². The molecule has 1 unspecified atom stereocenters. The van der Waals surface area contributed by atoms with Crippen LogP contribution in [0.5, 0.6) is 11.5 Å². The fraction of sp³-hybridized carbons (Fsp3) is 0.321. The second-order valence-corrected chi connectivity index (χ2v) is 9.29. The molecular formula is C28H27NO4. The minimum atomic E-state index is -0.784. The number of amides is 1. The predicted molar refractivity (Wildman–Crippen MR) is 126 cm³/mol. The van der Waals surface area contributed by atoms with Crippen LogP contribution in [0.15, 0.2) is 66.7 Å². The van der Waals surface area contributed by atoms with E-state index >= 15 is 0 Å². The molecule has 0 saturated heterocycles. The Labute approximate surface area is 193 Å². The van der Waals surface area contributed by atoms with Crippen LogP contribution in [0.4, 0.5) is 5.69 Å². The average Bonchev–Trinajstić information content (AvgIpc) is 3.51. The number of nitrogens with zero attached hydrogens (tertiary/aromatic N) is 1. The van der Waals surface area contributed by atoms with Gasteiger partial charge in [0.15, 0.2) is 0 Å². The van der Waals surface area contributed by atoms with Crippen molar-refractivity contribution in [1.82, 2.24) is 0 Å². The summed E-state index contributed by atoms with van der Waals surface area (Å²) >= 11 is 0. The van der Waals surface area contributed by atoms with Crippen LogP contribution in [0.3, 0.4) is 0 Å². The number of fused-ring (bicyclic) bond motifs is 5. The molecule has 3 aromatic carbocycles. The van der Waals surface area contributed by atoms with E-state index in [0.717, 1.165) is 45.9 Å². The number of anilines is 1. The Bertz CT molecular complexity index is 1210. The zero-order valence-electron chi connectivity index (χ0n) is 18.8. The molecule has 5 nitrogen and oxygen atoms in total. The molecule has 33 heavy (non-hydrogen) atoms. The Morgan fingerprint density at radius 2 is 1.82 bits per heavy atom. The average molecular weight is 442 g/mol. The Hall–Kier alpha value is -3.31. The minimum Gasteiger partial charge on any atom is -0.493 e. The number of para-hydroxylation sites is 1. The molecule has 168 valence electrons. The Balaban J connectivity index is 1.26. The number of carbonyl (C=O) groups excluding carboxylic acids is 1. The summed E-state index contributed by atoms with van der Waals surface area (Å²) in [5, 5.41) is 0. The molecule has 0 bridgehead atoms. The zero-order valence-corrected chi connectivity index (χ0v) is 18.8. The molecule has 5 heteroatoms. The summed E-state index contributed by atoms with van der Waals surface area (Å²) in [5.41, 5.74) is 4.51. The maximum absolute atomic E-state index is 14.1. The summed E-state index contributed by atoms with van der Waals surface area (Å²) < 4.78 is 17.8. The van der Waals surface area contributed by atoms with Crippen LogP contribution in [0, 0.1) is 5.92 Å². The van der Waals surface area contributed by atoms with E-state index in [1.807, 2.05) is 47.4 Å². The van der Waals surface area contributed by atoms with Crippen molar-refractivity contribution in [3.8, 4) is 11.5 Å². The van der Waals surface area contributed by atoms with Crippen LogP contribution in [-0.4, -0.2) is 32.3 Å². The summed E-state index contributed by atoms with van der Waals surface area (Å²) in [6.45, 7) is 4.92. The molecule has 0 N–H and O–H groups in total. The van der Waals surface area contributed by atoms with Crippen molar-refractivity contribution >= 4 is 11.6 Å². The van der Waals surface area contributed by atoms with Crippen LogP contribution in [0.2, 0.25) is 0 Å². The highest BCUT2D eigenvalue weighted by atomic mass is 16.5. The summed E-state index contributed by atoms with van der Waals surface area (Å²) in [4.78, 5) is 16.0. The number of ether oxygens (including phenoxy) is 3. The van der Waals surface area contributed by atoms with E-state index in [2.05, 4.69) is 31.2 Å². The highest BCUT2D eigenvalue weighted by Crippen LogP contribution is 2.53. The summed E-state index contributed by atoms with van der Waals surface area (Å²) in [7, 11) is 0. The second-order valence-electron chi connectivity index (χ2n) is 9.29. The van der Waals surface area contributed by atoms with Crippen LogP contribution < -0.4 is 14.4 Å². The van der Waals surface area contributed by atoms with E-state index in [0.29, 0.717) is 33.0 Å². The number of benzene rings is 3. The van der Waals surface area contributed by atoms with Crippen molar-refractivity contribution in [1.29, 1.82) is 0 Å². The molecule has 0 aliphatic carbocycles. The lowest BCUT2D eigenvalue weighted by Gasteiger charge is -2.25. The fourth-order valence-corrected chi connectivity index (χ4v) is 5.35. The number of hydrogen-bond acceptors (Lipinski definition) is 4. The quantitative estimate of drug-likeness (QED) is 0.565. The molecule has 3 aliphatic rings. The van der Waals surface area contributed by atoms with Crippen molar-refractivity contribution in [3.63, 3.8) is 0 Å². The van der Waals surface area contributed by atoms with Gasteiger partial charge in [-0.25, -0.2) is 0 Å². The van der Waals surface area contributed by atoms with Gasteiger partial charge in [0.05, 0.1) is 19.8 Å². The van der Waals surface area contributed by atoms with Gasteiger partial charge in [0, 0.05) is 30.3 Å². The van der Waals surface area contributed by atoms with Gasteiger partial charge in [-0.2, -0.15) is 0 Å². The van der Waals surface area contributed by atoms with E-state index in [-0.39, 0.29) is 11.8 Å². The van der Waals surface area contributed by atoms with E-state index in [1.165, 1.54) is 0 Å². The summed E-state index contributed by atoms with van der Waals surface area (Å²) in [6.07, 6.45) is 0.869. The highest BCUT2D eigenvalue weighted by molar-refractivity contribution is 6.11. The number of carbonyl (C=O) groups is 1. The van der Waals surface area contributed by atoms with E-state index in [9.17, 15) is 4.79 Å². The smallest absolute Gasteiger partial charge is 0.245 e. The van der Waals surface area contributed by atoms with Gasteiger partial charge in [-0.1, -0.05) is 55.5 Å². The Morgan fingerprint density at radius 3 is 2.70 bits per heavy atom. The van der Waals surface area contributed by atoms with Gasteiger partial charge in [-0.15, -0.1) is 0 Å². The topological polar surface area (TPSA) is 48.0 Å². The third-order valence-corrected chi connectivity index (χ3v) is 6.97. The van der Waals surface area contributed by atoms with Crippen LogP contribution in [0.25, 0.3) is 0 Å². The van der Waals surface area contributed by atoms with E-state index in [1.54, 1.807) is 0 Å². The molecule has 0 saturated carbocycles. The van der Waals surface area contributed by atoms with Gasteiger partial charge in [0.1, 0.15) is 23.5 Å². The van der Waals surface area contributed by atoms with Gasteiger partial charge in [0.2, 0.25) is 5.91 Å². The maximum Gasteiger partial charge on any atom is 0.245 e. The van der Waals surface area contributed by atoms with Gasteiger partial charge < -0.3 is 19.1 Å². The first-order valence-corrected chi connectivity index (χ1v) is 11.6. The fourth-order valence-electron chi connectivity index (χ4n) is 5.35. The molecule has 0 radical (unpaired) electrons. The minimum absolute atomic E-state index is 0.0937. The van der Waals surface area contributed by atoms with Crippen molar-refractivity contribution < 1.29 is 19.0 Å². The lowest BCUT2D eigenvalue weighted by atomic mass is 9.76. The SMILES string of the molecule is C[C@H](COCc1ccccc1)CN1C(=O)C2(COc3cc4c(cc32)CCO4)c2ccccc21. The zero-order chi connectivity index (χ0) is 22.4. The first-order chi connectivity index (χ1) is 16.2. The summed E-state index contributed by atoms with van der Waals surface area (Å²) in [5.74, 6) is 1.93. The molecule has 3 aromatic rings. The monoisotopic (exact) mass is 441 g/mol. The van der Waals surface area contributed by atoms with Crippen molar-refractivity contribution in [2.45, 2.75) is 25.4 Å². The van der Waals surface area contributed by atoms with E-state index < -0.39 is 5.41 Å². The highest BCUT2D eigenvalue weighted by Gasteiger charge is 2.57. The van der Waals surface area contributed by atoms with Crippen LogP contribution >= 0.6 is 0 Å². The molecule has 0 aromatic heterocycles. The van der Waals surface area contributed by atoms with Gasteiger partial charge in [-0.3, -0.25) is 4.79 Å². The molecule has 3 heterocycles. The van der Waals surface area contributed by atoms with Crippen molar-refractivity contribution in [2.24, 2.45) is 5.92 Å². The first kappa shape index (κ1) is 20.3. The lowest BCUT2D eigenvalue weighted by Crippen LogP contribution is -2.44. The molecule has 0 fully saturated rings. The molecule has 2 atom stereocenters. The maximum atomic E-state index is 14.1. The van der Waals surface area contributed by atoms with E-state index in [4.69, 9.17) is 14.2 Å². The van der Waals surface area contributed by atoms with Crippen LogP contribution in [0.1, 0.15) is 29.2 Å². The van der Waals surface area contributed by atoms with Crippen LogP contribution in [-0.2, 0) is 28.0 Å². The predicted octanol–water partition coefficient (Wildman–Crippen LogP) is 4.50. The largest absolute Gasteiger partial charge is 0.493 e. The van der Waals surface area contributed by atoms with Gasteiger partial charge in [0.25, 0.3) is 0 Å². The first-order valence-electron chi connectivity index (χ1n) is 11.6. The number of rotatable bonds is 6. The Kier molecular flexibility index (Phi) is 4.88. The Morgan fingerprint density at radius 1 is 1.00 bits per heavy atom. The summed E-state index contributed by atoms with van der Waals surface area (Å²) in [6, 6.07) is 22.4. The third-order valence-electron chi connectivity index (χ3n) is 6.97. The molecule has 6 rings (SSSR count). The van der Waals surface area contributed by atoms with Crippen molar-refractivity contribution in [3.05, 3.63) is 89.0 Å². The molecule has 1 spiro atoms. The second kappa shape index (κ2) is 7.92.